The van der Waals surface area contributed by atoms with Gasteiger partial charge >= 0.3 is 0 Å². The number of benzene rings is 1. The summed E-state index contributed by atoms with van der Waals surface area (Å²) in [5.41, 5.74) is 3.99. The van der Waals surface area contributed by atoms with E-state index in [1.165, 1.54) is 56.7 Å². The Kier molecular flexibility index (Phi) is 7.21. The van der Waals surface area contributed by atoms with E-state index in [0.29, 0.717) is 24.2 Å². The maximum Gasteiger partial charge on any atom is 0.131 e. The molecule has 1 aromatic carbocycles. The molecule has 2 nitrogen and oxygen atoms in total. The minimum Gasteiger partial charge on any atom is -0.393 e. The lowest BCUT2D eigenvalue weighted by atomic mass is 9.43. The molecule has 1 aromatic rings. The van der Waals surface area contributed by atoms with E-state index >= 15 is 0 Å². The van der Waals surface area contributed by atoms with E-state index in [-0.39, 0.29) is 33.3 Å². The molecular formula is C34H50F2O2. The van der Waals surface area contributed by atoms with E-state index in [0.717, 1.165) is 25.7 Å². The second-order valence-electron chi connectivity index (χ2n) is 14.8. The van der Waals surface area contributed by atoms with Crippen LogP contribution in [0.3, 0.4) is 0 Å². The average Bonchev–Trinajstić information content (AvgIpc) is 3.13. The van der Waals surface area contributed by atoms with Crippen LogP contribution in [0, 0.1) is 51.0 Å². The molecule has 212 valence electrons. The molecule has 0 bridgehead atoms. The third kappa shape index (κ3) is 4.06. The van der Waals surface area contributed by atoms with Crippen LogP contribution in [0.25, 0.3) is 0 Å². The Hall–Kier alpha value is -1.26. The fourth-order valence-corrected chi connectivity index (χ4v) is 10.4. The molecule has 4 aliphatic rings. The van der Waals surface area contributed by atoms with Crippen molar-refractivity contribution in [1.29, 1.82) is 0 Å². The van der Waals surface area contributed by atoms with Crippen LogP contribution in [0.5, 0.6) is 0 Å². The first kappa shape index (κ1) is 28.3. The van der Waals surface area contributed by atoms with Crippen molar-refractivity contribution in [3.8, 4) is 0 Å². The fourth-order valence-electron chi connectivity index (χ4n) is 10.4. The van der Waals surface area contributed by atoms with Crippen LogP contribution < -0.4 is 0 Å². The van der Waals surface area contributed by atoms with E-state index in [1.54, 1.807) is 11.1 Å². The topological polar surface area (TPSA) is 40.5 Å². The molecule has 5 rings (SSSR count). The monoisotopic (exact) mass is 528 g/mol. The highest BCUT2D eigenvalue weighted by atomic mass is 19.1. The molecule has 2 N–H and O–H groups in total. The van der Waals surface area contributed by atoms with Gasteiger partial charge in [-0.15, -0.1) is 0 Å². The normalized spacial score (nSPS) is 39.8. The van der Waals surface area contributed by atoms with Crippen LogP contribution in [0.4, 0.5) is 8.78 Å². The molecular weight excluding hydrogens is 478 g/mol. The van der Waals surface area contributed by atoms with E-state index in [2.05, 4.69) is 41.5 Å². The maximum absolute atomic E-state index is 14.1. The number of hydrogen-bond donors (Lipinski definition) is 2. The van der Waals surface area contributed by atoms with Crippen molar-refractivity contribution in [2.45, 2.75) is 124 Å². The number of allylic oxidation sites excluding steroid dienone is 2. The van der Waals surface area contributed by atoms with Crippen LogP contribution in [0.15, 0.2) is 29.3 Å². The van der Waals surface area contributed by atoms with Gasteiger partial charge in [0.2, 0.25) is 0 Å². The predicted molar refractivity (Wildman–Crippen MR) is 149 cm³/mol. The molecule has 4 heteroatoms. The first-order chi connectivity index (χ1) is 17.8. The second kappa shape index (κ2) is 9.68. The van der Waals surface area contributed by atoms with Crippen molar-refractivity contribution in [2.24, 2.45) is 39.4 Å². The van der Waals surface area contributed by atoms with Crippen LogP contribution in [0.1, 0.15) is 124 Å². The smallest absolute Gasteiger partial charge is 0.131 e. The summed E-state index contributed by atoms with van der Waals surface area (Å²) >= 11 is 0. The van der Waals surface area contributed by atoms with Crippen LogP contribution in [-0.2, 0) is 0 Å². The zero-order chi connectivity index (χ0) is 27.7. The van der Waals surface area contributed by atoms with E-state index in [4.69, 9.17) is 0 Å². The Labute approximate surface area is 229 Å². The summed E-state index contributed by atoms with van der Waals surface area (Å²) in [4.78, 5) is 0. The number of halogens is 2. The van der Waals surface area contributed by atoms with Crippen molar-refractivity contribution >= 4 is 0 Å². The van der Waals surface area contributed by atoms with Crippen LogP contribution in [-0.4, -0.2) is 16.3 Å². The summed E-state index contributed by atoms with van der Waals surface area (Å²) in [6.45, 7) is 14.6. The molecule has 0 saturated heterocycles. The Bertz CT molecular complexity index is 1070. The predicted octanol–water partition coefficient (Wildman–Crippen LogP) is 8.91. The minimum absolute atomic E-state index is 0.0317. The van der Waals surface area contributed by atoms with Gasteiger partial charge in [-0.1, -0.05) is 71.6 Å². The van der Waals surface area contributed by atoms with Gasteiger partial charge in [-0.25, -0.2) is 8.78 Å². The second-order valence-corrected chi connectivity index (χ2v) is 14.8. The van der Waals surface area contributed by atoms with E-state index in [1.807, 2.05) is 0 Å². The van der Waals surface area contributed by atoms with Crippen molar-refractivity contribution in [2.75, 3.05) is 0 Å². The summed E-state index contributed by atoms with van der Waals surface area (Å²) < 4.78 is 28.2. The van der Waals surface area contributed by atoms with Crippen molar-refractivity contribution in [3.63, 3.8) is 0 Å². The Morgan fingerprint density at radius 2 is 1.58 bits per heavy atom. The summed E-state index contributed by atoms with van der Waals surface area (Å²) in [6.07, 6.45) is 10.1. The number of aliphatic hydroxyl groups is 2. The summed E-state index contributed by atoms with van der Waals surface area (Å²) in [7, 11) is 0. The first-order valence-electron chi connectivity index (χ1n) is 15.3. The van der Waals surface area contributed by atoms with E-state index in [9.17, 15) is 19.0 Å². The van der Waals surface area contributed by atoms with Gasteiger partial charge in [-0.3, -0.25) is 0 Å². The molecule has 0 radical (unpaired) electrons. The SMILES string of the molecule is C[C@H](CCCC(O)c1c(F)cccc1F)[C@H]1CC[C@@]2(C)C3=C(CC[C@]12C)[C@@]1(C)CC[C@H](O)C(C)(C)[C@@H]1CC3. The molecule has 2 fully saturated rings. The average molecular weight is 529 g/mol. The number of hydrogen-bond acceptors (Lipinski definition) is 2. The van der Waals surface area contributed by atoms with Crippen molar-refractivity contribution in [1.82, 2.24) is 0 Å². The summed E-state index contributed by atoms with van der Waals surface area (Å²) in [5, 5.41) is 21.4. The minimum atomic E-state index is -1.09. The molecule has 4 aliphatic carbocycles. The molecule has 0 spiro atoms. The Morgan fingerprint density at radius 1 is 0.895 bits per heavy atom. The summed E-state index contributed by atoms with van der Waals surface area (Å²) in [6, 6.07) is 3.79. The molecule has 0 heterocycles. The quantitative estimate of drug-likeness (QED) is 0.362. The highest BCUT2D eigenvalue weighted by Crippen LogP contribution is 2.72. The number of fused-ring (bicyclic) bond motifs is 4. The number of aliphatic hydroxyl groups excluding tert-OH is 2. The molecule has 2 saturated carbocycles. The van der Waals surface area contributed by atoms with Crippen molar-refractivity contribution < 1.29 is 19.0 Å². The highest BCUT2D eigenvalue weighted by Gasteiger charge is 2.63. The van der Waals surface area contributed by atoms with E-state index < -0.39 is 17.7 Å². The number of rotatable bonds is 6. The van der Waals surface area contributed by atoms with Gasteiger partial charge in [0.25, 0.3) is 0 Å². The zero-order valence-electron chi connectivity index (χ0n) is 24.5. The van der Waals surface area contributed by atoms with Gasteiger partial charge in [0, 0.05) is 0 Å². The van der Waals surface area contributed by atoms with Crippen molar-refractivity contribution in [3.05, 3.63) is 46.5 Å². The Morgan fingerprint density at radius 3 is 2.26 bits per heavy atom. The van der Waals surface area contributed by atoms with Gasteiger partial charge < -0.3 is 10.2 Å². The van der Waals surface area contributed by atoms with Gasteiger partial charge in [0.1, 0.15) is 11.6 Å². The zero-order valence-corrected chi connectivity index (χ0v) is 24.5. The van der Waals surface area contributed by atoms with Crippen LogP contribution in [0.2, 0.25) is 0 Å². The molecule has 8 atom stereocenters. The first-order valence-corrected chi connectivity index (χ1v) is 15.3. The lowest BCUT2D eigenvalue weighted by Crippen LogP contribution is -2.55. The van der Waals surface area contributed by atoms with Gasteiger partial charge in [0.15, 0.2) is 0 Å². The van der Waals surface area contributed by atoms with Gasteiger partial charge in [-0.2, -0.15) is 0 Å². The van der Waals surface area contributed by atoms with Gasteiger partial charge in [0.05, 0.1) is 17.8 Å². The third-order valence-corrected chi connectivity index (χ3v) is 13.0. The molecule has 38 heavy (non-hydrogen) atoms. The molecule has 0 aromatic heterocycles. The Balaban J connectivity index is 1.31. The highest BCUT2D eigenvalue weighted by molar-refractivity contribution is 5.38. The largest absolute Gasteiger partial charge is 0.393 e. The fraction of sp³-hybridized carbons (Fsp3) is 0.765. The van der Waals surface area contributed by atoms with Crippen LogP contribution >= 0.6 is 0 Å². The molecule has 0 aliphatic heterocycles. The lowest BCUT2D eigenvalue weighted by molar-refractivity contribution is -0.0962. The third-order valence-electron chi connectivity index (χ3n) is 13.0. The molecule has 1 unspecified atom stereocenters. The molecule has 0 amide bonds. The maximum atomic E-state index is 14.1. The standard InChI is InChI=1S/C34H50F2O2/c1-21(9-7-12-27(37)30-25(35)10-8-11-26(30)36)22-15-19-34(6)24-13-14-28-31(2,3)29(38)17-18-32(28,4)23(24)16-20-33(22,34)5/h8,10-11,21-22,27-29,37-38H,7,9,12-20H2,1-6H3/t21-,22-,27?,28+,29+,32-,33-,34+/m1/s1. The lowest BCUT2D eigenvalue weighted by Gasteiger charge is -2.62. The summed E-state index contributed by atoms with van der Waals surface area (Å²) in [5.74, 6) is 0.369. The van der Waals surface area contributed by atoms with Gasteiger partial charge in [-0.05, 0) is 109 Å².